The van der Waals surface area contributed by atoms with Gasteiger partial charge in [0.2, 0.25) is 0 Å². The molecule has 1 rings (SSSR count). The maximum Gasteiger partial charge on any atom is 0.169 e. The molecule has 0 radical (unpaired) electrons. The Kier molecular flexibility index (Phi) is 6.28. The molecule has 0 unspecified atom stereocenters. The summed E-state index contributed by atoms with van der Waals surface area (Å²) >= 11 is 0. The van der Waals surface area contributed by atoms with Crippen LogP contribution in [0.3, 0.4) is 0 Å². The second-order valence-electron chi connectivity index (χ2n) is 5.26. The van der Waals surface area contributed by atoms with Gasteiger partial charge in [-0.2, -0.15) is 0 Å². The van der Waals surface area contributed by atoms with Crippen molar-refractivity contribution in [2.24, 2.45) is 0 Å². The molecule has 16 heavy (non-hydrogen) atoms. The summed E-state index contributed by atoms with van der Waals surface area (Å²) in [5.74, 6) is 0. The lowest BCUT2D eigenvalue weighted by Gasteiger charge is -2.24. The molecule has 0 atom stereocenters. The van der Waals surface area contributed by atoms with Gasteiger partial charge in [-0.3, -0.25) is 0 Å². The van der Waals surface area contributed by atoms with E-state index in [9.17, 15) is 0 Å². The minimum atomic E-state index is -0.0377. The van der Waals surface area contributed by atoms with Crippen LogP contribution in [0.15, 0.2) is 0 Å². The van der Waals surface area contributed by atoms with Crippen LogP contribution in [0.5, 0.6) is 0 Å². The minimum Gasteiger partial charge on any atom is -0.351 e. The van der Waals surface area contributed by atoms with Crippen LogP contribution >= 0.6 is 0 Å². The summed E-state index contributed by atoms with van der Waals surface area (Å²) in [6, 6.07) is 0. The van der Waals surface area contributed by atoms with Crippen molar-refractivity contribution in [2.75, 3.05) is 32.8 Å². The second-order valence-corrected chi connectivity index (χ2v) is 5.26. The third kappa shape index (κ3) is 7.17. The zero-order chi connectivity index (χ0) is 11.9. The number of hydrogen-bond donors (Lipinski definition) is 2. The van der Waals surface area contributed by atoms with Crippen LogP contribution in [0.1, 0.15) is 33.6 Å². The fraction of sp³-hybridized carbons (Fsp3) is 1.00. The smallest absolute Gasteiger partial charge is 0.169 e. The quantitative estimate of drug-likeness (QED) is 0.671. The SMILES string of the molecule is CC(C)(C)NCCCNCC1OCCCO1. The molecule has 1 aliphatic heterocycles. The van der Waals surface area contributed by atoms with E-state index in [1.165, 1.54) is 0 Å². The lowest BCUT2D eigenvalue weighted by molar-refractivity contribution is -0.175. The largest absolute Gasteiger partial charge is 0.351 e. The summed E-state index contributed by atoms with van der Waals surface area (Å²) in [4.78, 5) is 0. The molecule has 96 valence electrons. The highest BCUT2D eigenvalue weighted by atomic mass is 16.7. The van der Waals surface area contributed by atoms with Crippen molar-refractivity contribution < 1.29 is 9.47 Å². The van der Waals surface area contributed by atoms with Crippen molar-refractivity contribution in [3.63, 3.8) is 0 Å². The monoisotopic (exact) mass is 230 g/mol. The highest BCUT2D eigenvalue weighted by Crippen LogP contribution is 2.03. The average molecular weight is 230 g/mol. The van der Waals surface area contributed by atoms with Crippen molar-refractivity contribution in [2.45, 2.75) is 45.4 Å². The van der Waals surface area contributed by atoms with Gasteiger partial charge in [0.05, 0.1) is 13.2 Å². The topological polar surface area (TPSA) is 42.5 Å². The molecule has 2 N–H and O–H groups in total. The lowest BCUT2D eigenvalue weighted by Crippen LogP contribution is -2.39. The van der Waals surface area contributed by atoms with E-state index in [1.54, 1.807) is 0 Å². The first-order chi connectivity index (χ1) is 7.58. The predicted molar refractivity (Wildman–Crippen MR) is 65.6 cm³/mol. The first kappa shape index (κ1) is 13.9. The molecule has 0 bridgehead atoms. The molecule has 0 spiro atoms. The third-order valence-electron chi connectivity index (χ3n) is 2.39. The Bertz CT molecular complexity index is 174. The Labute approximate surface area is 99.1 Å². The molecular weight excluding hydrogens is 204 g/mol. The standard InChI is InChI=1S/C12H26N2O2/c1-12(2,3)14-7-4-6-13-10-11-15-8-5-9-16-11/h11,13-14H,4-10H2,1-3H3. The van der Waals surface area contributed by atoms with Gasteiger partial charge in [0, 0.05) is 12.1 Å². The molecule has 0 amide bonds. The van der Waals surface area contributed by atoms with Gasteiger partial charge in [-0.25, -0.2) is 0 Å². The fourth-order valence-electron chi connectivity index (χ4n) is 1.55. The number of nitrogens with one attached hydrogen (secondary N) is 2. The molecule has 0 saturated carbocycles. The van der Waals surface area contributed by atoms with Crippen LogP contribution in [0.2, 0.25) is 0 Å². The molecule has 0 aromatic carbocycles. The van der Waals surface area contributed by atoms with Gasteiger partial charge in [0.1, 0.15) is 0 Å². The van der Waals surface area contributed by atoms with E-state index >= 15 is 0 Å². The van der Waals surface area contributed by atoms with Gasteiger partial charge in [-0.15, -0.1) is 0 Å². The molecule has 1 heterocycles. The van der Waals surface area contributed by atoms with Gasteiger partial charge in [-0.05, 0) is 46.7 Å². The Morgan fingerprint density at radius 2 is 1.81 bits per heavy atom. The Balaban J connectivity index is 1.87. The normalized spacial score (nSPS) is 18.9. The van der Waals surface area contributed by atoms with E-state index in [4.69, 9.17) is 9.47 Å². The summed E-state index contributed by atoms with van der Waals surface area (Å²) in [6.07, 6.45) is 2.11. The van der Waals surface area contributed by atoms with Gasteiger partial charge in [0.15, 0.2) is 6.29 Å². The molecule has 0 aliphatic carbocycles. The average Bonchev–Trinajstić information content (AvgIpc) is 2.23. The van der Waals surface area contributed by atoms with Crippen molar-refractivity contribution in [1.29, 1.82) is 0 Å². The summed E-state index contributed by atoms with van der Waals surface area (Å²) < 4.78 is 10.9. The molecule has 1 fully saturated rings. The first-order valence-electron chi connectivity index (χ1n) is 6.27. The summed E-state index contributed by atoms with van der Waals surface area (Å²) in [5.41, 5.74) is 0.218. The van der Waals surface area contributed by atoms with Gasteiger partial charge in [-0.1, -0.05) is 0 Å². The Hall–Kier alpha value is -0.160. The zero-order valence-corrected chi connectivity index (χ0v) is 10.8. The second kappa shape index (κ2) is 7.22. The van der Waals surface area contributed by atoms with E-state index in [0.29, 0.717) is 0 Å². The number of hydrogen-bond acceptors (Lipinski definition) is 4. The Morgan fingerprint density at radius 1 is 1.12 bits per heavy atom. The molecule has 4 nitrogen and oxygen atoms in total. The van der Waals surface area contributed by atoms with Crippen molar-refractivity contribution in [3.8, 4) is 0 Å². The Morgan fingerprint density at radius 3 is 2.44 bits per heavy atom. The predicted octanol–water partition coefficient (Wildman–Crippen LogP) is 1.12. The molecule has 1 saturated heterocycles. The fourth-order valence-corrected chi connectivity index (χ4v) is 1.55. The maximum atomic E-state index is 5.44. The van der Waals surface area contributed by atoms with E-state index in [2.05, 4.69) is 31.4 Å². The minimum absolute atomic E-state index is 0.0377. The summed E-state index contributed by atoms with van der Waals surface area (Å²) in [6.45, 7) is 11.1. The molecule has 0 aromatic heterocycles. The molecule has 1 aliphatic rings. The van der Waals surface area contributed by atoms with Crippen LogP contribution in [-0.4, -0.2) is 44.7 Å². The van der Waals surface area contributed by atoms with Crippen LogP contribution in [0, 0.1) is 0 Å². The first-order valence-corrected chi connectivity index (χ1v) is 6.27. The van der Waals surface area contributed by atoms with E-state index in [-0.39, 0.29) is 11.8 Å². The molecular formula is C12H26N2O2. The highest BCUT2D eigenvalue weighted by Gasteiger charge is 2.13. The van der Waals surface area contributed by atoms with Crippen LogP contribution in [0.25, 0.3) is 0 Å². The summed E-state index contributed by atoms with van der Waals surface area (Å²) in [5, 5.41) is 6.81. The molecule has 0 aromatic rings. The van der Waals surface area contributed by atoms with Crippen molar-refractivity contribution in [3.05, 3.63) is 0 Å². The number of rotatable bonds is 6. The molecule has 4 heteroatoms. The number of ether oxygens (including phenoxy) is 2. The maximum absolute atomic E-state index is 5.44. The van der Waals surface area contributed by atoms with Crippen molar-refractivity contribution >= 4 is 0 Å². The summed E-state index contributed by atoms with van der Waals surface area (Å²) in [7, 11) is 0. The van der Waals surface area contributed by atoms with Gasteiger partial charge < -0.3 is 20.1 Å². The van der Waals surface area contributed by atoms with Gasteiger partial charge in [0.25, 0.3) is 0 Å². The van der Waals surface area contributed by atoms with Crippen LogP contribution in [0.4, 0.5) is 0 Å². The lowest BCUT2D eigenvalue weighted by atomic mass is 10.1. The van der Waals surface area contributed by atoms with E-state index in [0.717, 1.165) is 45.7 Å². The zero-order valence-electron chi connectivity index (χ0n) is 10.8. The highest BCUT2D eigenvalue weighted by molar-refractivity contribution is 4.70. The third-order valence-corrected chi connectivity index (χ3v) is 2.39. The van der Waals surface area contributed by atoms with E-state index < -0.39 is 0 Å². The van der Waals surface area contributed by atoms with Crippen LogP contribution < -0.4 is 10.6 Å². The van der Waals surface area contributed by atoms with Crippen molar-refractivity contribution in [1.82, 2.24) is 10.6 Å². The van der Waals surface area contributed by atoms with Gasteiger partial charge >= 0.3 is 0 Å². The van der Waals surface area contributed by atoms with E-state index in [1.807, 2.05) is 0 Å². The van der Waals surface area contributed by atoms with Crippen LogP contribution in [-0.2, 0) is 9.47 Å².